The smallest absolute Gasteiger partial charge is 0.247 e. The Hall–Kier alpha value is -3.73. The zero-order chi connectivity index (χ0) is 24.6. The Labute approximate surface area is 208 Å². The summed E-state index contributed by atoms with van der Waals surface area (Å²) in [5.41, 5.74) is 1.98. The van der Waals surface area contributed by atoms with Gasteiger partial charge in [-0.3, -0.25) is 4.21 Å². The Kier molecular flexibility index (Phi) is 5.92. The molecule has 36 heavy (non-hydrogen) atoms. The van der Waals surface area contributed by atoms with Crippen LogP contribution in [0.15, 0.2) is 57.8 Å². The molecule has 1 saturated heterocycles. The molecule has 1 unspecified atom stereocenters. The molecule has 184 valence electrons. The fourth-order valence-electron chi connectivity index (χ4n) is 4.55. The van der Waals surface area contributed by atoms with Gasteiger partial charge in [0.15, 0.2) is 5.82 Å². The molecule has 2 aromatic carbocycles. The normalized spacial score (nSPS) is 17.8. The summed E-state index contributed by atoms with van der Waals surface area (Å²) in [7, 11) is -1.20. The van der Waals surface area contributed by atoms with Crippen molar-refractivity contribution in [1.29, 1.82) is 0 Å². The van der Waals surface area contributed by atoms with E-state index in [-0.39, 0.29) is 17.6 Å². The summed E-state index contributed by atoms with van der Waals surface area (Å²) < 4.78 is 45.4. The molecule has 2 aliphatic rings. The van der Waals surface area contributed by atoms with Crippen LogP contribution in [0.5, 0.6) is 0 Å². The number of hydrogen-bond acceptors (Lipinski definition) is 8. The minimum atomic E-state index is -1.20. The van der Waals surface area contributed by atoms with Gasteiger partial charge in [-0.15, -0.1) is 10.2 Å². The Bertz CT molecular complexity index is 1440. The third kappa shape index (κ3) is 4.46. The summed E-state index contributed by atoms with van der Waals surface area (Å²) in [5.74, 6) is 1.86. The van der Waals surface area contributed by atoms with Crippen molar-refractivity contribution in [1.82, 2.24) is 20.2 Å². The van der Waals surface area contributed by atoms with Crippen LogP contribution in [0.3, 0.4) is 0 Å². The van der Waals surface area contributed by atoms with E-state index in [2.05, 4.69) is 20.4 Å². The zero-order valence-electron chi connectivity index (χ0n) is 19.2. The van der Waals surface area contributed by atoms with Crippen LogP contribution in [0.25, 0.3) is 11.5 Å². The second-order valence-electron chi connectivity index (χ2n) is 8.80. The van der Waals surface area contributed by atoms with Crippen LogP contribution < -0.4 is 10.2 Å². The van der Waals surface area contributed by atoms with E-state index in [0.29, 0.717) is 65.0 Å². The number of fused-ring (bicyclic) bond motifs is 1. The minimum absolute atomic E-state index is 0.0924. The molecule has 4 heterocycles. The van der Waals surface area contributed by atoms with Gasteiger partial charge in [-0.25, -0.2) is 13.8 Å². The molecular weight excluding hydrogens is 486 g/mol. The van der Waals surface area contributed by atoms with Crippen molar-refractivity contribution in [3.63, 3.8) is 0 Å². The largest absolute Gasteiger partial charge is 0.420 e. The minimum Gasteiger partial charge on any atom is -0.420 e. The predicted molar refractivity (Wildman–Crippen MR) is 131 cm³/mol. The lowest BCUT2D eigenvalue weighted by Gasteiger charge is -2.31. The number of aromatic nitrogens is 4. The third-order valence-electron chi connectivity index (χ3n) is 6.42. The highest BCUT2D eigenvalue weighted by Crippen LogP contribution is 2.34. The number of rotatable bonds is 5. The summed E-state index contributed by atoms with van der Waals surface area (Å²) in [6, 6.07) is 12.1. The van der Waals surface area contributed by atoms with Gasteiger partial charge in [-0.2, -0.15) is 4.98 Å². The van der Waals surface area contributed by atoms with Crippen molar-refractivity contribution in [2.75, 3.05) is 29.1 Å². The van der Waals surface area contributed by atoms with E-state index in [1.165, 1.54) is 24.3 Å². The Morgan fingerprint density at radius 3 is 2.58 bits per heavy atom. The first-order valence-electron chi connectivity index (χ1n) is 11.7. The molecule has 0 bridgehead atoms. The van der Waals surface area contributed by atoms with Gasteiger partial charge in [-0.05, 0) is 55.3 Å². The molecule has 1 N–H and O–H groups in total. The van der Waals surface area contributed by atoms with Crippen molar-refractivity contribution in [2.24, 2.45) is 0 Å². The van der Waals surface area contributed by atoms with Gasteiger partial charge in [0.25, 0.3) is 0 Å². The molecule has 0 spiro atoms. The molecule has 0 radical (unpaired) electrons. The number of piperidine rings is 1. The third-order valence-corrected chi connectivity index (χ3v) is 7.88. The van der Waals surface area contributed by atoms with Crippen molar-refractivity contribution in [3.05, 3.63) is 71.8 Å². The van der Waals surface area contributed by atoms with Crippen LogP contribution in [0, 0.1) is 11.6 Å². The highest BCUT2D eigenvalue weighted by Gasteiger charge is 2.30. The quantitative estimate of drug-likeness (QED) is 0.418. The lowest BCUT2D eigenvalue weighted by atomic mass is 9.97. The number of benzene rings is 2. The molecule has 8 nitrogen and oxygen atoms in total. The van der Waals surface area contributed by atoms with Gasteiger partial charge < -0.3 is 14.6 Å². The molecule has 0 amide bonds. The fraction of sp³-hybridized carbons (Fsp3) is 0.280. The number of aryl methyl sites for hydroxylation is 1. The maximum Gasteiger partial charge on any atom is 0.247 e. The van der Waals surface area contributed by atoms with E-state index in [0.717, 1.165) is 18.5 Å². The molecule has 11 heteroatoms. The number of nitrogens with one attached hydrogen (secondary N) is 1. The van der Waals surface area contributed by atoms with Gasteiger partial charge in [0.05, 0.1) is 16.5 Å². The highest BCUT2D eigenvalue weighted by atomic mass is 32.2. The average Bonchev–Trinajstić information content (AvgIpc) is 3.52. The molecular formula is C25H22F2N6O2S. The Morgan fingerprint density at radius 1 is 1.00 bits per heavy atom. The van der Waals surface area contributed by atoms with Crippen LogP contribution in [0.2, 0.25) is 0 Å². The van der Waals surface area contributed by atoms with E-state index in [4.69, 9.17) is 14.4 Å². The van der Waals surface area contributed by atoms with Gasteiger partial charge in [0.1, 0.15) is 16.5 Å². The number of hydrogen-bond donors (Lipinski definition) is 1. The molecule has 1 fully saturated rings. The topological polar surface area (TPSA) is 97.0 Å². The van der Waals surface area contributed by atoms with Crippen molar-refractivity contribution < 1.29 is 17.4 Å². The SMILES string of the molecule is O=S1CCc2nc(N3CCC(c4nnc(-c5ccc(F)cc5)o4)CC3)nc(Nc3cccc(F)c3)c21. The van der Waals surface area contributed by atoms with Crippen LogP contribution in [-0.4, -0.2) is 43.2 Å². The molecule has 0 saturated carbocycles. The molecule has 0 aliphatic carbocycles. The lowest BCUT2D eigenvalue weighted by molar-refractivity contribution is 0.396. The second-order valence-corrected chi connectivity index (χ2v) is 10.3. The average molecular weight is 509 g/mol. The van der Waals surface area contributed by atoms with Crippen LogP contribution >= 0.6 is 0 Å². The van der Waals surface area contributed by atoms with Crippen molar-refractivity contribution in [2.45, 2.75) is 30.1 Å². The van der Waals surface area contributed by atoms with Crippen LogP contribution in [0.1, 0.15) is 30.3 Å². The lowest BCUT2D eigenvalue weighted by Crippen LogP contribution is -2.34. The maximum atomic E-state index is 13.7. The highest BCUT2D eigenvalue weighted by molar-refractivity contribution is 7.85. The number of nitrogens with zero attached hydrogens (tertiary/aromatic N) is 5. The van der Waals surface area contributed by atoms with Crippen molar-refractivity contribution in [3.8, 4) is 11.5 Å². The van der Waals surface area contributed by atoms with E-state index in [9.17, 15) is 13.0 Å². The van der Waals surface area contributed by atoms with Gasteiger partial charge in [0.2, 0.25) is 17.7 Å². The summed E-state index contributed by atoms with van der Waals surface area (Å²) in [6.07, 6.45) is 2.15. The Morgan fingerprint density at radius 2 is 1.81 bits per heavy atom. The summed E-state index contributed by atoms with van der Waals surface area (Å²) in [4.78, 5) is 12.1. The first-order chi connectivity index (χ1) is 17.5. The summed E-state index contributed by atoms with van der Waals surface area (Å²) >= 11 is 0. The molecule has 2 aromatic heterocycles. The maximum absolute atomic E-state index is 13.7. The molecule has 4 aromatic rings. The van der Waals surface area contributed by atoms with E-state index in [1.807, 2.05) is 0 Å². The first-order valence-corrected chi connectivity index (χ1v) is 13.0. The van der Waals surface area contributed by atoms with Crippen molar-refractivity contribution >= 4 is 28.3 Å². The summed E-state index contributed by atoms with van der Waals surface area (Å²) in [5, 5.41) is 11.5. The van der Waals surface area contributed by atoms with Gasteiger partial charge >= 0.3 is 0 Å². The van der Waals surface area contributed by atoms with Crippen LogP contribution in [0.4, 0.5) is 26.2 Å². The van der Waals surface area contributed by atoms with Crippen LogP contribution in [-0.2, 0) is 17.2 Å². The molecule has 2 aliphatic heterocycles. The first kappa shape index (κ1) is 22.7. The van der Waals surface area contributed by atoms with E-state index >= 15 is 0 Å². The fourth-order valence-corrected chi connectivity index (χ4v) is 5.85. The predicted octanol–water partition coefficient (Wildman–Crippen LogP) is 4.60. The van der Waals surface area contributed by atoms with Gasteiger partial charge in [-0.1, -0.05) is 6.07 Å². The number of anilines is 3. The summed E-state index contributed by atoms with van der Waals surface area (Å²) in [6.45, 7) is 1.36. The molecule has 6 rings (SSSR count). The monoisotopic (exact) mass is 508 g/mol. The number of halogens is 2. The molecule has 1 atom stereocenters. The Balaban J connectivity index is 1.19. The zero-order valence-corrected chi connectivity index (χ0v) is 20.0. The second kappa shape index (κ2) is 9.38. The standard InChI is InChI=1S/C25H22F2N6O2S/c26-17-6-4-15(5-7-17)23-31-32-24(35-23)16-8-11-33(12-9-16)25-29-20-10-13-36(34)21(20)22(30-25)28-19-3-1-2-18(27)14-19/h1-7,14,16H,8-13H2,(H,28,29,30). The van der Waals surface area contributed by atoms with Gasteiger partial charge in [0, 0.05) is 42.4 Å². The van der Waals surface area contributed by atoms with E-state index < -0.39 is 10.8 Å². The van der Waals surface area contributed by atoms with E-state index in [1.54, 1.807) is 24.3 Å².